The number of fused-ring (bicyclic) bond motifs is 5. The minimum atomic E-state index is -3.42. The van der Waals surface area contributed by atoms with Crippen LogP contribution in [0.3, 0.4) is 0 Å². The Morgan fingerprint density at radius 3 is 2.62 bits per heavy atom. The van der Waals surface area contributed by atoms with Gasteiger partial charge in [-0.2, -0.15) is 0 Å². The van der Waals surface area contributed by atoms with Crippen molar-refractivity contribution < 1.29 is 17.9 Å². The standard InChI is InChI=1S/C27H30O4S/c1-26-14-12-23-22-10-9-20(31-2)18-19(22)8-11-24(23)27(26,15-13-25(26)28)16-17-32(29,30)21-6-4-3-5-7-21/h3-7,9-10,13,15,18,23-24H,8,11-12,14,16-17H2,1-2H3/t23-,24+,26-,27+/m1/s1. The fourth-order valence-electron chi connectivity index (χ4n) is 6.74. The third kappa shape index (κ3) is 3.08. The highest BCUT2D eigenvalue weighted by atomic mass is 32.2. The van der Waals surface area contributed by atoms with Gasteiger partial charge in [0, 0.05) is 10.8 Å². The van der Waals surface area contributed by atoms with Gasteiger partial charge >= 0.3 is 0 Å². The Balaban J connectivity index is 1.52. The maximum atomic E-state index is 13.2. The lowest BCUT2D eigenvalue weighted by Crippen LogP contribution is -2.52. The SMILES string of the molecule is COc1ccc2c(c1)CC[C@H]1[C@@H]2CC[C@]2(C)C(=O)C=C[C@]12CCS(=O)(=O)c1ccccc1. The molecule has 1 saturated carbocycles. The third-order valence-corrected chi connectivity index (χ3v) is 10.3. The number of benzene rings is 2. The van der Waals surface area contributed by atoms with E-state index >= 15 is 0 Å². The van der Waals surface area contributed by atoms with Crippen molar-refractivity contribution in [2.24, 2.45) is 16.7 Å². The van der Waals surface area contributed by atoms with Crippen LogP contribution in [-0.2, 0) is 21.1 Å². The minimum Gasteiger partial charge on any atom is -0.497 e. The summed E-state index contributed by atoms with van der Waals surface area (Å²) in [6.07, 6.45) is 7.94. The van der Waals surface area contributed by atoms with Crippen LogP contribution in [-0.4, -0.2) is 27.1 Å². The smallest absolute Gasteiger partial charge is 0.178 e. The van der Waals surface area contributed by atoms with Crippen LogP contribution in [0.15, 0.2) is 65.6 Å². The van der Waals surface area contributed by atoms with Crippen molar-refractivity contribution in [1.82, 2.24) is 0 Å². The molecule has 4 nitrogen and oxygen atoms in total. The number of hydrogen-bond donors (Lipinski definition) is 0. The lowest BCUT2D eigenvalue weighted by atomic mass is 9.46. The first kappa shape index (κ1) is 21.4. The van der Waals surface area contributed by atoms with Gasteiger partial charge in [0.2, 0.25) is 0 Å². The molecule has 0 N–H and O–H groups in total. The number of rotatable bonds is 5. The van der Waals surface area contributed by atoms with Crippen LogP contribution < -0.4 is 4.74 Å². The van der Waals surface area contributed by atoms with Crippen LogP contribution in [0.1, 0.15) is 49.7 Å². The summed E-state index contributed by atoms with van der Waals surface area (Å²) in [5, 5.41) is 0. The molecular weight excluding hydrogens is 420 g/mol. The Kier molecular flexibility index (Phi) is 5.08. The van der Waals surface area contributed by atoms with Gasteiger partial charge in [-0.05, 0) is 85.4 Å². The van der Waals surface area contributed by atoms with E-state index in [-0.39, 0.29) is 17.5 Å². The average Bonchev–Trinajstić information content (AvgIpc) is 3.09. The van der Waals surface area contributed by atoms with E-state index in [1.165, 1.54) is 11.1 Å². The molecule has 32 heavy (non-hydrogen) atoms. The van der Waals surface area contributed by atoms with Crippen molar-refractivity contribution in [1.29, 1.82) is 0 Å². The second kappa shape index (κ2) is 7.58. The molecule has 0 aliphatic heterocycles. The first-order valence-electron chi connectivity index (χ1n) is 11.5. The van der Waals surface area contributed by atoms with Gasteiger partial charge in [-0.25, -0.2) is 8.42 Å². The van der Waals surface area contributed by atoms with Gasteiger partial charge < -0.3 is 4.74 Å². The molecule has 4 atom stereocenters. The molecule has 2 aromatic carbocycles. The molecule has 5 rings (SSSR count). The molecule has 0 spiro atoms. The Morgan fingerprint density at radius 1 is 1.09 bits per heavy atom. The zero-order chi connectivity index (χ0) is 22.6. The second-order valence-electron chi connectivity index (χ2n) is 9.81. The van der Waals surface area contributed by atoms with Crippen molar-refractivity contribution in [3.05, 3.63) is 71.8 Å². The summed E-state index contributed by atoms with van der Waals surface area (Å²) in [6, 6.07) is 15.0. The summed E-state index contributed by atoms with van der Waals surface area (Å²) in [6.45, 7) is 2.07. The largest absolute Gasteiger partial charge is 0.497 e. The lowest BCUT2D eigenvalue weighted by Gasteiger charge is -2.56. The summed E-state index contributed by atoms with van der Waals surface area (Å²) in [5.41, 5.74) is 1.73. The van der Waals surface area contributed by atoms with E-state index < -0.39 is 20.7 Å². The highest BCUT2D eigenvalue weighted by Crippen LogP contribution is 2.66. The van der Waals surface area contributed by atoms with Crippen LogP contribution >= 0.6 is 0 Å². The van der Waals surface area contributed by atoms with Crippen LogP contribution in [0, 0.1) is 16.7 Å². The summed E-state index contributed by atoms with van der Waals surface area (Å²) < 4.78 is 31.7. The van der Waals surface area contributed by atoms with Gasteiger partial charge in [0.25, 0.3) is 0 Å². The topological polar surface area (TPSA) is 60.4 Å². The molecule has 2 aromatic rings. The van der Waals surface area contributed by atoms with Crippen molar-refractivity contribution in [2.45, 2.75) is 49.8 Å². The van der Waals surface area contributed by atoms with Crippen molar-refractivity contribution in [2.75, 3.05) is 12.9 Å². The molecule has 0 bridgehead atoms. The minimum absolute atomic E-state index is 0.0584. The van der Waals surface area contributed by atoms with Gasteiger partial charge in [0.1, 0.15) is 5.75 Å². The maximum Gasteiger partial charge on any atom is 0.178 e. The van der Waals surface area contributed by atoms with Gasteiger partial charge in [-0.15, -0.1) is 0 Å². The number of carbonyl (C=O) groups is 1. The molecule has 3 aliphatic rings. The Labute approximate surface area is 190 Å². The molecular formula is C27H30O4S. The third-order valence-electron chi connectivity index (χ3n) is 8.57. The average molecular weight is 451 g/mol. The fraction of sp³-hybridized carbons (Fsp3) is 0.444. The fourth-order valence-corrected chi connectivity index (χ4v) is 8.15. The zero-order valence-corrected chi connectivity index (χ0v) is 19.5. The van der Waals surface area contributed by atoms with E-state index in [1.54, 1.807) is 37.5 Å². The number of carbonyl (C=O) groups excluding carboxylic acids is 1. The van der Waals surface area contributed by atoms with Gasteiger partial charge in [0.15, 0.2) is 15.6 Å². The van der Waals surface area contributed by atoms with E-state index in [9.17, 15) is 13.2 Å². The zero-order valence-electron chi connectivity index (χ0n) is 18.7. The molecule has 168 valence electrons. The Bertz CT molecular complexity index is 1180. The van der Waals surface area contributed by atoms with Crippen molar-refractivity contribution >= 4 is 15.6 Å². The molecule has 0 amide bonds. The van der Waals surface area contributed by atoms with Crippen LogP contribution in [0.5, 0.6) is 5.75 Å². The molecule has 1 fully saturated rings. The quantitative estimate of drug-likeness (QED) is 0.634. The first-order valence-corrected chi connectivity index (χ1v) is 13.1. The number of hydrogen-bond acceptors (Lipinski definition) is 4. The van der Waals surface area contributed by atoms with Crippen LogP contribution in [0.25, 0.3) is 0 Å². The normalized spacial score (nSPS) is 31.0. The first-order chi connectivity index (χ1) is 15.3. The number of methoxy groups -OCH3 is 1. The van der Waals surface area contributed by atoms with Crippen LogP contribution in [0.2, 0.25) is 0 Å². The number of allylic oxidation sites excluding steroid dienone is 2. The van der Waals surface area contributed by atoms with Crippen molar-refractivity contribution in [3.63, 3.8) is 0 Å². The molecule has 0 aromatic heterocycles. The predicted molar refractivity (Wildman–Crippen MR) is 125 cm³/mol. The van der Waals surface area contributed by atoms with Gasteiger partial charge in [-0.3, -0.25) is 4.79 Å². The number of ketones is 1. The van der Waals surface area contributed by atoms with Gasteiger partial charge in [-0.1, -0.05) is 37.3 Å². The summed E-state index contributed by atoms with van der Waals surface area (Å²) in [7, 11) is -1.73. The highest BCUT2D eigenvalue weighted by molar-refractivity contribution is 7.91. The molecule has 0 radical (unpaired) electrons. The Morgan fingerprint density at radius 2 is 1.88 bits per heavy atom. The van der Waals surface area contributed by atoms with E-state index in [1.807, 2.05) is 12.1 Å². The molecule has 0 heterocycles. The molecule has 5 heteroatoms. The van der Waals surface area contributed by atoms with E-state index in [2.05, 4.69) is 25.1 Å². The lowest BCUT2D eigenvalue weighted by molar-refractivity contribution is -0.134. The number of sulfone groups is 1. The molecule has 3 aliphatic carbocycles. The summed E-state index contributed by atoms with van der Waals surface area (Å²) in [5.74, 6) is 1.70. The molecule has 0 saturated heterocycles. The maximum absolute atomic E-state index is 13.2. The molecule has 0 unspecified atom stereocenters. The monoisotopic (exact) mass is 450 g/mol. The second-order valence-corrected chi connectivity index (χ2v) is 11.9. The van der Waals surface area contributed by atoms with Crippen molar-refractivity contribution in [3.8, 4) is 5.75 Å². The summed E-state index contributed by atoms with van der Waals surface area (Å²) in [4.78, 5) is 13.4. The Hall–Kier alpha value is -2.40. The summed E-state index contributed by atoms with van der Waals surface area (Å²) >= 11 is 0. The van der Waals surface area contributed by atoms with E-state index in [4.69, 9.17) is 4.74 Å². The van der Waals surface area contributed by atoms with Crippen LogP contribution in [0.4, 0.5) is 0 Å². The van der Waals surface area contributed by atoms with E-state index in [0.29, 0.717) is 17.2 Å². The predicted octanol–water partition coefficient (Wildman–Crippen LogP) is 5.13. The number of aryl methyl sites for hydroxylation is 1. The van der Waals surface area contributed by atoms with E-state index in [0.717, 1.165) is 31.4 Å². The van der Waals surface area contributed by atoms with Gasteiger partial charge in [0.05, 0.1) is 17.8 Å². The highest BCUT2D eigenvalue weighted by Gasteiger charge is 2.62. The number of ether oxygens (including phenoxy) is 1.